The molecular weight excluding hydrogens is 236 g/mol. The summed E-state index contributed by atoms with van der Waals surface area (Å²) in [5, 5.41) is 2.63. The highest BCUT2D eigenvalue weighted by Gasteiger charge is 2.36. The van der Waals surface area contributed by atoms with Gasteiger partial charge in [-0.2, -0.15) is 0 Å². The van der Waals surface area contributed by atoms with Crippen LogP contribution in [0.2, 0.25) is 0 Å². The maximum absolute atomic E-state index is 12.0. The predicted molar refractivity (Wildman–Crippen MR) is 64.2 cm³/mol. The Morgan fingerprint density at radius 2 is 2.28 bits per heavy atom. The van der Waals surface area contributed by atoms with Gasteiger partial charge in [-0.3, -0.25) is 4.79 Å². The Morgan fingerprint density at radius 3 is 2.94 bits per heavy atom. The van der Waals surface area contributed by atoms with Gasteiger partial charge in [0.25, 0.3) is 0 Å². The van der Waals surface area contributed by atoms with Crippen LogP contribution >= 0.6 is 0 Å². The molecule has 0 fully saturated rings. The van der Waals surface area contributed by atoms with E-state index in [0.717, 1.165) is 0 Å². The molecule has 2 amide bonds. The van der Waals surface area contributed by atoms with Crippen molar-refractivity contribution in [1.82, 2.24) is 9.97 Å². The summed E-state index contributed by atoms with van der Waals surface area (Å²) in [6, 6.07) is -0.668. The molecule has 1 aliphatic heterocycles. The summed E-state index contributed by atoms with van der Waals surface area (Å²) >= 11 is 0. The maximum Gasteiger partial charge on any atom is 0.416 e. The Bertz CT molecular complexity index is 489. The number of anilines is 2. The van der Waals surface area contributed by atoms with E-state index in [2.05, 4.69) is 15.3 Å². The van der Waals surface area contributed by atoms with E-state index in [4.69, 9.17) is 4.74 Å². The quantitative estimate of drug-likeness (QED) is 0.808. The lowest BCUT2D eigenvalue weighted by molar-refractivity contribution is -0.117. The van der Waals surface area contributed by atoms with Gasteiger partial charge in [0.05, 0.1) is 12.3 Å². The molecule has 0 bridgehead atoms. The smallest absolute Gasteiger partial charge is 0.416 e. The summed E-state index contributed by atoms with van der Waals surface area (Å²) < 4.78 is 5.11. The number of rotatable bonds is 1. The van der Waals surface area contributed by atoms with Crippen LogP contribution in [0.4, 0.5) is 16.3 Å². The number of nitrogens with one attached hydrogen (secondary N) is 1. The van der Waals surface area contributed by atoms with Gasteiger partial charge in [0.15, 0.2) is 5.82 Å². The third-order valence-electron chi connectivity index (χ3n) is 2.48. The van der Waals surface area contributed by atoms with Gasteiger partial charge in [-0.05, 0) is 20.8 Å². The summed E-state index contributed by atoms with van der Waals surface area (Å²) in [5.74, 6) is 0.0563. The maximum atomic E-state index is 12.0. The number of hydrogen-bond acceptors (Lipinski definition) is 5. The van der Waals surface area contributed by atoms with Crippen molar-refractivity contribution in [1.29, 1.82) is 0 Å². The Kier molecular flexibility index (Phi) is 3.14. The monoisotopic (exact) mass is 250 g/mol. The summed E-state index contributed by atoms with van der Waals surface area (Å²) in [7, 11) is 0. The molecule has 7 nitrogen and oxygen atoms in total. The lowest BCUT2D eigenvalue weighted by Crippen LogP contribution is -2.50. The third-order valence-corrected chi connectivity index (χ3v) is 2.48. The molecule has 96 valence electrons. The molecular formula is C11H14N4O3. The summed E-state index contributed by atoms with van der Waals surface area (Å²) in [4.78, 5) is 32.8. The minimum Gasteiger partial charge on any atom is -0.446 e. The van der Waals surface area contributed by atoms with E-state index >= 15 is 0 Å². The van der Waals surface area contributed by atoms with E-state index in [9.17, 15) is 9.59 Å². The Morgan fingerprint density at radius 1 is 1.56 bits per heavy atom. The Balaban J connectivity index is 2.38. The molecule has 1 aromatic heterocycles. The van der Waals surface area contributed by atoms with Crippen LogP contribution in [-0.4, -0.2) is 34.1 Å². The van der Waals surface area contributed by atoms with Gasteiger partial charge in [-0.15, -0.1) is 0 Å². The van der Waals surface area contributed by atoms with Gasteiger partial charge < -0.3 is 10.1 Å². The van der Waals surface area contributed by atoms with Crippen LogP contribution in [0.3, 0.4) is 0 Å². The molecule has 0 radical (unpaired) electrons. The first kappa shape index (κ1) is 12.3. The molecule has 18 heavy (non-hydrogen) atoms. The first-order chi connectivity index (χ1) is 8.50. The number of carbonyl (C=O) groups is 2. The molecule has 0 aromatic carbocycles. The topological polar surface area (TPSA) is 84.4 Å². The zero-order valence-corrected chi connectivity index (χ0v) is 10.4. The number of carbonyl (C=O) groups excluding carboxylic acids is 2. The van der Waals surface area contributed by atoms with Gasteiger partial charge in [0.2, 0.25) is 5.91 Å². The number of nitrogens with zero attached hydrogens (tertiary/aromatic N) is 3. The fourth-order valence-corrected chi connectivity index (χ4v) is 1.64. The summed E-state index contributed by atoms with van der Waals surface area (Å²) in [6.45, 7) is 5.10. The van der Waals surface area contributed by atoms with Gasteiger partial charge in [0.1, 0.15) is 18.1 Å². The molecule has 0 saturated heterocycles. The van der Waals surface area contributed by atoms with E-state index in [0.29, 0.717) is 11.5 Å². The lowest BCUT2D eigenvalue weighted by Gasteiger charge is -2.32. The Hall–Kier alpha value is -2.18. The van der Waals surface area contributed by atoms with Crippen molar-refractivity contribution in [2.45, 2.75) is 32.9 Å². The van der Waals surface area contributed by atoms with Crippen molar-refractivity contribution in [3.63, 3.8) is 0 Å². The highest BCUT2D eigenvalue weighted by molar-refractivity contribution is 6.09. The zero-order chi connectivity index (χ0) is 13.3. The fourth-order valence-electron chi connectivity index (χ4n) is 1.64. The van der Waals surface area contributed by atoms with Crippen LogP contribution in [-0.2, 0) is 9.53 Å². The number of hydrogen-bond donors (Lipinski definition) is 1. The Labute approximate surface area is 104 Å². The number of ether oxygens (including phenoxy) is 1. The van der Waals surface area contributed by atoms with E-state index in [1.807, 2.05) is 0 Å². The number of fused-ring (bicyclic) bond motifs is 1. The number of aromatic nitrogens is 2. The second-order valence-electron chi connectivity index (χ2n) is 4.23. The SMILES string of the molecule is CC(C)OC(=O)N1c2ncncc2NC(=O)[C@@H]1C. The molecule has 1 aromatic rings. The van der Waals surface area contributed by atoms with Crippen LogP contribution in [0, 0.1) is 0 Å². The minimum absolute atomic E-state index is 0.264. The molecule has 2 rings (SSSR count). The lowest BCUT2D eigenvalue weighted by atomic mass is 10.2. The van der Waals surface area contributed by atoms with Gasteiger partial charge in [0, 0.05) is 0 Å². The highest BCUT2D eigenvalue weighted by Crippen LogP contribution is 2.29. The normalized spacial score (nSPS) is 18.3. The van der Waals surface area contributed by atoms with Crippen molar-refractivity contribution in [3.05, 3.63) is 12.5 Å². The molecule has 7 heteroatoms. The molecule has 1 atom stereocenters. The molecule has 2 heterocycles. The van der Waals surface area contributed by atoms with E-state index < -0.39 is 12.1 Å². The van der Waals surface area contributed by atoms with Crippen molar-refractivity contribution in [2.24, 2.45) is 0 Å². The minimum atomic E-state index is -0.668. The van der Waals surface area contributed by atoms with Gasteiger partial charge in [-0.1, -0.05) is 0 Å². The third kappa shape index (κ3) is 2.11. The second kappa shape index (κ2) is 4.59. The van der Waals surface area contributed by atoms with Crippen LogP contribution in [0.25, 0.3) is 0 Å². The zero-order valence-electron chi connectivity index (χ0n) is 10.4. The van der Waals surface area contributed by atoms with Crippen LogP contribution in [0.1, 0.15) is 20.8 Å². The molecule has 0 aliphatic carbocycles. The highest BCUT2D eigenvalue weighted by atomic mass is 16.6. The van der Waals surface area contributed by atoms with Crippen molar-refractivity contribution >= 4 is 23.5 Å². The van der Waals surface area contributed by atoms with E-state index in [1.54, 1.807) is 20.8 Å². The fraction of sp³-hybridized carbons (Fsp3) is 0.455. The first-order valence-corrected chi connectivity index (χ1v) is 5.61. The number of amides is 2. The van der Waals surface area contributed by atoms with Crippen molar-refractivity contribution < 1.29 is 14.3 Å². The average molecular weight is 250 g/mol. The van der Waals surface area contributed by atoms with E-state index in [1.165, 1.54) is 17.4 Å². The molecule has 0 unspecified atom stereocenters. The van der Waals surface area contributed by atoms with Crippen LogP contribution < -0.4 is 10.2 Å². The second-order valence-corrected chi connectivity index (χ2v) is 4.23. The van der Waals surface area contributed by atoms with Gasteiger partial charge >= 0.3 is 6.09 Å². The summed E-state index contributed by atoms with van der Waals surface area (Å²) in [6.07, 6.45) is 1.91. The molecule has 0 spiro atoms. The largest absolute Gasteiger partial charge is 0.446 e. The molecule has 1 aliphatic rings. The molecule has 0 saturated carbocycles. The van der Waals surface area contributed by atoms with Gasteiger partial charge in [-0.25, -0.2) is 19.7 Å². The van der Waals surface area contributed by atoms with Crippen molar-refractivity contribution in [3.8, 4) is 0 Å². The summed E-state index contributed by atoms with van der Waals surface area (Å²) in [5.41, 5.74) is 0.404. The van der Waals surface area contributed by atoms with Crippen LogP contribution in [0.15, 0.2) is 12.5 Å². The van der Waals surface area contributed by atoms with Crippen LogP contribution in [0.5, 0.6) is 0 Å². The first-order valence-electron chi connectivity index (χ1n) is 5.61. The standard InChI is InChI=1S/C11H14N4O3/c1-6(2)18-11(17)15-7(3)10(16)14-8-4-12-5-13-9(8)15/h4-7H,1-3H3,(H,14,16)/t7-/m0/s1. The molecule has 1 N–H and O–H groups in total. The average Bonchev–Trinajstić information content (AvgIpc) is 2.29. The van der Waals surface area contributed by atoms with E-state index in [-0.39, 0.29) is 12.0 Å². The predicted octanol–water partition coefficient (Wildman–Crippen LogP) is 1.17. The van der Waals surface area contributed by atoms with Crippen molar-refractivity contribution in [2.75, 3.05) is 10.2 Å².